The molecule has 11 heavy (non-hydrogen) atoms. The summed E-state index contributed by atoms with van der Waals surface area (Å²) in [5.74, 6) is -0.188. The molecule has 0 saturated heterocycles. The Kier molecular flexibility index (Phi) is 1.66. The van der Waals surface area contributed by atoms with Crippen molar-refractivity contribution in [1.29, 1.82) is 0 Å². The number of aliphatic hydroxyl groups is 2. The van der Waals surface area contributed by atoms with Gasteiger partial charge in [0.2, 0.25) is 0 Å². The average Bonchev–Trinajstić information content (AvgIpc) is 1.86. The Morgan fingerprint density at radius 2 is 2.36 bits per heavy atom. The first-order valence-electron chi connectivity index (χ1n) is 2.99. The van der Waals surface area contributed by atoms with Crippen molar-refractivity contribution in [2.75, 3.05) is 0 Å². The Morgan fingerprint density at radius 1 is 1.73 bits per heavy atom. The molecule has 0 bridgehead atoms. The van der Waals surface area contributed by atoms with E-state index in [2.05, 4.69) is 0 Å². The maximum Gasteiger partial charge on any atom is 0.349 e. The molecule has 0 radical (unpaired) electrons. The molecule has 2 N–H and O–H groups in total. The molecule has 1 unspecified atom stereocenters. The molecule has 0 spiro atoms. The number of nitrogens with zero attached hydrogens (tertiary/aromatic N) is 1. The second-order valence-electron chi connectivity index (χ2n) is 2.33. The predicted octanol–water partition coefficient (Wildman–Crippen LogP) is 0.353. The fourth-order valence-corrected chi connectivity index (χ4v) is 0.823. The van der Waals surface area contributed by atoms with Crippen molar-refractivity contribution in [2.45, 2.75) is 12.1 Å². The molecule has 0 saturated carbocycles. The molecule has 5 nitrogen and oxygen atoms in total. The Labute approximate surface area is 62.4 Å². The average molecular weight is 157 g/mol. The van der Waals surface area contributed by atoms with Crippen molar-refractivity contribution < 1.29 is 15.1 Å². The standard InChI is InChI=1S/C6H7NO4/c8-5-2-1-3-6(9,4-5)7(10)11/h1-3,8-9H,4H2. The molecule has 1 rings (SSSR count). The largest absolute Gasteiger partial charge is 0.512 e. The lowest BCUT2D eigenvalue weighted by molar-refractivity contribution is -0.608. The van der Waals surface area contributed by atoms with E-state index in [0.717, 1.165) is 6.08 Å². The van der Waals surface area contributed by atoms with Gasteiger partial charge in [0.1, 0.15) is 12.2 Å². The van der Waals surface area contributed by atoms with Crippen LogP contribution in [0.1, 0.15) is 6.42 Å². The topological polar surface area (TPSA) is 83.6 Å². The highest BCUT2D eigenvalue weighted by molar-refractivity contribution is 5.18. The summed E-state index contributed by atoms with van der Waals surface area (Å²) in [4.78, 5) is 9.35. The van der Waals surface area contributed by atoms with Crippen molar-refractivity contribution >= 4 is 0 Å². The molecule has 1 aliphatic carbocycles. The molecule has 0 amide bonds. The summed E-state index contributed by atoms with van der Waals surface area (Å²) in [5.41, 5.74) is -2.13. The number of allylic oxidation sites excluding steroid dienone is 2. The van der Waals surface area contributed by atoms with Gasteiger partial charge in [0.05, 0.1) is 4.92 Å². The molecular formula is C6H7NO4. The molecule has 0 aromatic rings. The lowest BCUT2D eigenvalue weighted by atomic mass is 10.0. The highest BCUT2D eigenvalue weighted by Crippen LogP contribution is 2.21. The van der Waals surface area contributed by atoms with Crippen LogP contribution in [0.4, 0.5) is 0 Å². The van der Waals surface area contributed by atoms with Crippen molar-refractivity contribution in [1.82, 2.24) is 0 Å². The lowest BCUT2D eigenvalue weighted by Crippen LogP contribution is -2.37. The quantitative estimate of drug-likeness (QED) is 0.327. The summed E-state index contributed by atoms with van der Waals surface area (Å²) >= 11 is 0. The maximum atomic E-state index is 10.2. The fraction of sp³-hybridized carbons (Fsp3) is 0.333. The van der Waals surface area contributed by atoms with Gasteiger partial charge in [-0.05, 0) is 6.08 Å². The molecule has 1 aliphatic rings. The van der Waals surface area contributed by atoms with Crippen LogP contribution in [0.5, 0.6) is 0 Å². The van der Waals surface area contributed by atoms with Gasteiger partial charge in [-0.2, -0.15) is 0 Å². The molecule has 60 valence electrons. The van der Waals surface area contributed by atoms with Crippen LogP contribution in [0, 0.1) is 10.1 Å². The van der Waals surface area contributed by atoms with E-state index in [-0.39, 0.29) is 12.2 Å². The molecule has 1 atom stereocenters. The van der Waals surface area contributed by atoms with Crippen LogP contribution in [-0.4, -0.2) is 20.9 Å². The van der Waals surface area contributed by atoms with E-state index < -0.39 is 10.6 Å². The minimum atomic E-state index is -2.13. The SMILES string of the molecule is O=[N+]([O-])C1(O)C=CC=C(O)C1. The summed E-state index contributed by atoms with van der Waals surface area (Å²) < 4.78 is 0. The van der Waals surface area contributed by atoms with Gasteiger partial charge in [-0.15, -0.1) is 0 Å². The summed E-state index contributed by atoms with van der Waals surface area (Å²) in [6, 6.07) is 0. The van der Waals surface area contributed by atoms with Gasteiger partial charge in [-0.3, -0.25) is 10.1 Å². The highest BCUT2D eigenvalue weighted by atomic mass is 16.7. The van der Waals surface area contributed by atoms with Crippen molar-refractivity contribution in [3.63, 3.8) is 0 Å². The third-order valence-electron chi connectivity index (χ3n) is 1.41. The fourth-order valence-electron chi connectivity index (χ4n) is 0.823. The van der Waals surface area contributed by atoms with E-state index in [4.69, 9.17) is 10.2 Å². The highest BCUT2D eigenvalue weighted by Gasteiger charge is 2.39. The van der Waals surface area contributed by atoms with Gasteiger partial charge in [0, 0.05) is 6.08 Å². The van der Waals surface area contributed by atoms with Gasteiger partial charge in [0.25, 0.3) is 0 Å². The first kappa shape index (κ1) is 7.74. The first-order valence-corrected chi connectivity index (χ1v) is 2.99. The van der Waals surface area contributed by atoms with Crippen molar-refractivity contribution in [2.24, 2.45) is 0 Å². The van der Waals surface area contributed by atoms with Gasteiger partial charge in [0.15, 0.2) is 0 Å². The zero-order valence-electron chi connectivity index (χ0n) is 5.60. The Morgan fingerprint density at radius 3 is 2.73 bits per heavy atom. The second kappa shape index (κ2) is 2.35. The predicted molar refractivity (Wildman–Crippen MR) is 36.4 cm³/mol. The number of hydrogen-bond donors (Lipinski definition) is 2. The summed E-state index contributed by atoms with van der Waals surface area (Å²) in [6.07, 6.45) is 3.23. The van der Waals surface area contributed by atoms with Gasteiger partial charge >= 0.3 is 5.72 Å². The van der Waals surface area contributed by atoms with E-state index in [1.807, 2.05) is 0 Å². The Bertz CT molecular complexity index is 245. The van der Waals surface area contributed by atoms with E-state index in [0.29, 0.717) is 0 Å². The summed E-state index contributed by atoms with van der Waals surface area (Å²) in [7, 11) is 0. The third-order valence-corrected chi connectivity index (χ3v) is 1.41. The molecule has 0 heterocycles. The summed E-state index contributed by atoms with van der Waals surface area (Å²) in [6.45, 7) is 0. The van der Waals surface area contributed by atoms with Crippen LogP contribution in [0.15, 0.2) is 24.0 Å². The van der Waals surface area contributed by atoms with Crippen LogP contribution in [0.2, 0.25) is 0 Å². The normalized spacial score (nSPS) is 29.7. The first-order chi connectivity index (χ1) is 5.04. The molecule has 0 aromatic heterocycles. The molecule has 5 heteroatoms. The minimum Gasteiger partial charge on any atom is -0.512 e. The number of rotatable bonds is 1. The smallest absolute Gasteiger partial charge is 0.349 e. The van der Waals surface area contributed by atoms with Crippen molar-refractivity contribution in [3.05, 3.63) is 34.1 Å². The second-order valence-corrected chi connectivity index (χ2v) is 2.33. The molecule has 0 aliphatic heterocycles. The molecule has 0 aromatic carbocycles. The zero-order chi connectivity index (χ0) is 8.48. The number of nitro groups is 1. The lowest BCUT2D eigenvalue weighted by Gasteiger charge is -2.16. The number of hydrogen-bond acceptors (Lipinski definition) is 4. The monoisotopic (exact) mass is 157 g/mol. The van der Waals surface area contributed by atoms with Gasteiger partial charge in [-0.1, -0.05) is 6.08 Å². The van der Waals surface area contributed by atoms with Crippen LogP contribution < -0.4 is 0 Å². The summed E-state index contributed by atoms with van der Waals surface area (Å²) in [5, 5.41) is 28.2. The van der Waals surface area contributed by atoms with Crippen molar-refractivity contribution in [3.8, 4) is 0 Å². The number of aliphatic hydroxyl groups excluding tert-OH is 1. The zero-order valence-corrected chi connectivity index (χ0v) is 5.60. The van der Waals surface area contributed by atoms with Crippen LogP contribution in [0.3, 0.4) is 0 Å². The van der Waals surface area contributed by atoms with E-state index in [1.165, 1.54) is 12.2 Å². The van der Waals surface area contributed by atoms with E-state index in [1.54, 1.807) is 0 Å². The molecular weight excluding hydrogens is 150 g/mol. The maximum absolute atomic E-state index is 10.2. The Balaban J connectivity index is 2.86. The minimum absolute atomic E-state index is 0.188. The Hall–Kier alpha value is -1.36. The third kappa shape index (κ3) is 1.38. The van der Waals surface area contributed by atoms with Crippen LogP contribution >= 0.6 is 0 Å². The van der Waals surface area contributed by atoms with Gasteiger partial charge < -0.3 is 10.2 Å². The van der Waals surface area contributed by atoms with Crippen LogP contribution in [-0.2, 0) is 0 Å². The van der Waals surface area contributed by atoms with E-state index >= 15 is 0 Å². The van der Waals surface area contributed by atoms with Gasteiger partial charge in [-0.25, -0.2) is 0 Å². The van der Waals surface area contributed by atoms with E-state index in [9.17, 15) is 10.1 Å². The molecule has 0 fully saturated rings. The van der Waals surface area contributed by atoms with Crippen LogP contribution in [0.25, 0.3) is 0 Å².